The molecular formula is C31H27N5OS. The Morgan fingerprint density at radius 1 is 0.816 bits per heavy atom. The minimum atomic E-state index is 0.429. The van der Waals surface area contributed by atoms with Gasteiger partial charge in [-0.25, -0.2) is 15.0 Å². The van der Waals surface area contributed by atoms with Gasteiger partial charge in [-0.2, -0.15) is 0 Å². The molecule has 188 valence electrons. The predicted octanol–water partition coefficient (Wildman–Crippen LogP) is 8.75. The van der Waals surface area contributed by atoms with Gasteiger partial charge < -0.3 is 14.6 Å². The molecule has 0 unspecified atom stereocenters. The monoisotopic (exact) mass is 517 g/mol. The number of fused-ring (bicyclic) bond motifs is 2. The highest BCUT2D eigenvalue weighted by Gasteiger charge is 2.22. The van der Waals surface area contributed by atoms with Crippen LogP contribution in [-0.2, 0) is 0 Å². The fourth-order valence-corrected chi connectivity index (χ4v) is 6.21. The van der Waals surface area contributed by atoms with Crippen LogP contribution in [0.4, 0.5) is 11.5 Å². The van der Waals surface area contributed by atoms with E-state index in [1.54, 1.807) is 11.3 Å². The minimum Gasteiger partial charge on any atom is -0.457 e. The van der Waals surface area contributed by atoms with Crippen molar-refractivity contribution in [3.8, 4) is 22.9 Å². The van der Waals surface area contributed by atoms with E-state index in [1.165, 1.54) is 29.3 Å². The fraction of sp³-hybridized carbons (Fsp3) is 0.194. The molecule has 0 atom stereocenters. The number of benzene rings is 3. The molecule has 1 saturated carbocycles. The van der Waals surface area contributed by atoms with E-state index < -0.39 is 0 Å². The van der Waals surface area contributed by atoms with Crippen LogP contribution in [0, 0.1) is 0 Å². The van der Waals surface area contributed by atoms with Gasteiger partial charge >= 0.3 is 0 Å². The lowest BCUT2D eigenvalue weighted by molar-refractivity contribution is 0.358. The first-order valence-electron chi connectivity index (χ1n) is 13.1. The number of thiophene rings is 1. The maximum Gasteiger partial charge on any atom is 0.166 e. The van der Waals surface area contributed by atoms with Crippen molar-refractivity contribution >= 4 is 44.1 Å². The Balaban J connectivity index is 1.28. The summed E-state index contributed by atoms with van der Waals surface area (Å²) >= 11 is 1.72. The molecule has 3 aromatic carbocycles. The summed E-state index contributed by atoms with van der Waals surface area (Å²) in [4.78, 5) is 14.9. The molecule has 0 amide bonds. The Hall–Kier alpha value is -4.23. The van der Waals surface area contributed by atoms with Crippen LogP contribution >= 0.6 is 11.3 Å². The quantitative estimate of drug-likeness (QED) is 0.239. The third-order valence-electron chi connectivity index (χ3n) is 7.21. The third-order valence-corrected chi connectivity index (χ3v) is 8.17. The van der Waals surface area contributed by atoms with Crippen LogP contribution in [0.3, 0.4) is 0 Å². The Kier molecular flexibility index (Phi) is 5.98. The van der Waals surface area contributed by atoms with E-state index >= 15 is 0 Å². The Labute approximate surface area is 225 Å². The highest BCUT2D eigenvalue weighted by Crippen LogP contribution is 2.37. The second kappa shape index (κ2) is 9.91. The Bertz CT molecular complexity index is 1700. The van der Waals surface area contributed by atoms with Gasteiger partial charge in [0.25, 0.3) is 0 Å². The molecule has 0 aliphatic heterocycles. The SMILES string of the molecule is c1ccc(Oc2ccc(Nc3nc(-c4csc5ccccc45)nc4c3ncn4C3CCCCC3)cc2)cc1. The van der Waals surface area contributed by atoms with E-state index in [0.717, 1.165) is 52.6 Å². The normalized spacial score (nSPS) is 14.2. The zero-order valence-corrected chi connectivity index (χ0v) is 21.7. The lowest BCUT2D eigenvalue weighted by Gasteiger charge is -2.23. The van der Waals surface area contributed by atoms with E-state index in [2.05, 4.69) is 39.5 Å². The number of imidazole rings is 1. The minimum absolute atomic E-state index is 0.429. The summed E-state index contributed by atoms with van der Waals surface area (Å²) in [6, 6.07) is 26.6. The summed E-state index contributed by atoms with van der Waals surface area (Å²) in [7, 11) is 0. The summed E-state index contributed by atoms with van der Waals surface area (Å²) in [5, 5.41) is 6.86. The van der Waals surface area contributed by atoms with Crippen molar-refractivity contribution in [2.75, 3.05) is 5.32 Å². The lowest BCUT2D eigenvalue weighted by atomic mass is 9.95. The largest absolute Gasteiger partial charge is 0.457 e. The molecule has 6 nitrogen and oxygen atoms in total. The topological polar surface area (TPSA) is 64.9 Å². The van der Waals surface area contributed by atoms with Crippen molar-refractivity contribution in [1.82, 2.24) is 19.5 Å². The van der Waals surface area contributed by atoms with Crippen molar-refractivity contribution in [2.24, 2.45) is 0 Å². The van der Waals surface area contributed by atoms with Crippen molar-refractivity contribution in [3.63, 3.8) is 0 Å². The van der Waals surface area contributed by atoms with Crippen LogP contribution in [0.5, 0.6) is 11.5 Å². The first kappa shape index (κ1) is 22.9. The van der Waals surface area contributed by atoms with E-state index in [-0.39, 0.29) is 0 Å². The number of rotatable bonds is 6. The number of hydrogen-bond acceptors (Lipinski definition) is 6. The zero-order chi connectivity index (χ0) is 25.3. The maximum absolute atomic E-state index is 5.97. The molecule has 1 aliphatic rings. The van der Waals surface area contributed by atoms with Crippen molar-refractivity contribution in [2.45, 2.75) is 38.1 Å². The summed E-state index contributed by atoms with van der Waals surface area (Å²) in [6.07, 6.45) is 8.09. The van der Waals surface area contributed by atoms with Crippen LogP contribution in [0.1, 0.15) is 38.1 Å². The van der Waals surface area contributed by atoms with Crippen LogP contribution < -0.4 is 10.1 Å². The smallest absolute Gasteiger partial charge is 0.166 e. The van der Waals surface area contributed by atoms with Gasteiger partial charge in [0, 0.05) is 32.8 Å². The van der Waals surface area contributed by atoms with Gasteiger partial charge in [-0.05, 0) is 55.3 Å². The molecule has 6 aromatic rings. The number of aromatic nitrogens is 4. The van der Waals surface area contributed by atoms with Gasteiger partial charge in [-0.1, -0.05) is 55.7 Å². The molecule has 3 heterocycles. The number of ether oxygens (including phenoxy) is 1. The van der Waals surface area contributed by atoms with Gasteiger partial charge in [0.1, 0.15) is 11.5 Å². The molecule has 7 heteroatoms. The molecule has 38 heavy (non-hydrogen) atoms. The number of para-hydroxylation sites is 1. The first-order valence-corrected chi connectivity index (χ1v) is 14.0. The standard InChI is InChI=1S/C31H27N5OS/c1-3-9-22(10-4-1)36-20-32-28-30(33-21-15-17-24(18-16-21)37-23-11-5-2-6-12-23)34-29(35-31(28)36)26-19-38-27-14-8-7-13-25(26)27/h2,5-8,11-20,22H,1,3-4,9-10H2,(H,33,34,35). The van der Waals surface area contributed by atoms with Crippen LogP contribution in [-0.4, -0.2) is 19.5 Å². The fourth-order valence-electron chi connectivity index (χ4n) is 5.27. The van der Waals surface area contributed by atoms with Gasteiger partial charge in [0.2, 0.25) is 0 Å². The molecule has 0 spiro atoms. The van der Waals surface area contributed by atoms with Crippen molar-refractivity contribution in [3.05, 3.63) is 90.6 Å². The summed E-state index contributed by atoms with van der Waals surface area (Å²) in [6.45, 7) is 0. The average Bonchev–Trinajstić information content (AvgIpc) is 3.60. The van der Waals surface area contributed by atoms with Crippen LogP contribution in [0.2, 0.25) is 0 Å². The lowest BCUT2D eigenvalue weighted by Crippen LogP contribution is -2.12. The van der Waals surface area contributed by atoms with Crippen LogP contribution in [0.15, 0.2) is 90.6 Å². The second-order valence-electron chi connectivity index (χ2n) is 9.72. The van der Waals surface area contributed by atoms with E-state index in [1.807, 2.05) is 60.9 Å². The maximum atomic E-state index is 5.97. The van der Waals surface area contributed by atoms with E-state index in [9.17, 15) is 0 Å². The predicted molar refractivity (Wildman–Crippen MR) is 155 cm³/mol. The van der Waals surface area contributed by atoms with Crippen molar-refractivity contribution < 1.29 is 4.74 Å². The van der Waals surface area contributed by atoms with Gasteiger partial charge in [-0.3, -0.25) is 0 Å². The van der Waals surface area contributed by atoms with Gasteiger partial charge in [0.15, 0.2) is 22.8 Å². The van der Waals surface area contributed by atoms with Crippen molar-refractivity contribution in [1.29, 1.82) is 0 Å². The first-order chi connectivity index (χ1) is 18.8. The third kappa shape index (κ3) is 4.39. The Morgan fingerprint density at radius 3 is 2.42 bits per heavy atom. The highest BCUT2D eigenvalue weighted by molar-refractivity contribution is 7.17. The second-order valence-corrected chi connectivity index (χ2v) is 10.6. The number of nitrogens with zero attached hydrogens (tertiary/aromatic N) is 4. The average molecular weight is 518 g/mol. The molecule has 7 rings (SSSR count). The molecule has 1 N–H and O–H groups in total. The molecule has 3 aromatic heterocycles. The Morgan fingerprint density at radius 2 is 1.58 bits per heavy atom. The molecule has 1 aliphatic carbocycles. The summed E-state index contributed by atoms with van der Waals surface area (Å²) in [5.41, 5.74) is 3.66. The zero-order valence-electron chi connectivity index (χ0n) is 20.9. The number of nitrogens with one attached hydrogen (secondary N) is 1. The highest BCUT2D eigenvalue weighted by atomic mass is 32.1. The molecule has 0 radical (unpaired) electrons. The van der Waals surface area contributed by atoms with Crippen LogP contribution in [0.25, 0.3) is 32.6 Å². The molecule has 0 bridgehead atoms. The van der Waals surface area contributed by atoms with E-state index in [4.69, 9.17) is 19.7 Å². The molecule has 0 saturated heterocycles. The number of hydrogen-bond donors (Lipinski definition) is 1. The van der Waals surface area contributed by atoms with Gasteiger partial charge in [0.05, 0.1) is 6.33 Å². The summed E-state index contributed by atoms with van der Waals surface area (Å²) in [5.74, 6) is 3.03. The molecule has 1 fully saturated rings. The number of anilines is 2. The summed E-state index contributed by atoms with van der Waals surface area (Å²) < 4.78 is 9.47. The molecular weight excluding hydrogens is 490 g/mol. The van der Waals surface area contributed by atoms with Gasteiger partial charge in [-0.15, -0.1) is 11.3 Å². The van der Waals surface area contributed by atoms with E-state index in [0.29, 0.717) is 11.9 Å².